The fourth-order valence-corrected chi connectivity index (χ4v) is 2.87. The third-order valence-corrected chi connectivity index (χ3v) is 4.07. The molecule has 124 valence electrons. The lowest BCUT2D eigenvalue weighted by Gasteiger charge is -2.25. The lowest BCUT2D eigenvalue weighted by Crippen LogP contribution is -2.44. The normalized spacial score (nSPS) is 20.5. The Morgan fingerprint density at radius 1 is 1.35 bits per heavy atom. The van der Waals surface area contributed by atoms with E-state index in [0.717, 1.165) is 25.0 Å². The molecule has 0 bridgehead atoms. The van der Waals surface area contributed by atoms with Gasteiger partial charge < -0.3 is 14.0 Å². The molecule has 1 aliphatic heterocycles. The fourth-order valence-electron chi connectivity index (χ4n) is 2.87. The van der Waals surface area contributed by atoms with Gasteiger partial charge in [-0.25, -0.2) is 0 Å². The van der Waals surface area contributed by atoms with E-state index in [9.17, 15) is 0 Å². The van der Waals surface area contributed by atoms with Crippen LogP contribution in [0.15, 0.2) is 34.9 Å². The maximum atomic E-state index is 5.77. The molecule has 0 radical (unpaired) electrons. The minimum absolute atomic E-state index is 0.0411. The quantitative estimate of drug-likeness (QED) is 0.846. The summed E-state index contributed by atoms with van der Waals surface area (Å²) < 4.78 is 16.5. The summed E-state index contributed by atoms with van der Waals surface area (Å²) in [7, 11) is 1.70. The van der Waals surface area contributed by atoms with Crippen molar-refractivity contribution in [2.75, 3.05) is 20.3 Å². The third-order valence-electron chi connectivity index (χ3n) is 4.07. The van der Waals surface area contributed by atoms with Gasteiger partial charge in [0.1, 0.15) is 0 Å². The Bertz CT molecular complexity index is 596. The van der Waals surface area contributed by atoms with Crippen LogP contribution in [0.25, 0.3) is 11.5 Å². The predicted octanol–water partition coefficient (Wildman–Crippen LogP) is 2.58. The van der Waals surface area contributed by atoms with Gasteiger partial charge in [0.05, 0.1) is 24.8 Å². The topological polar surface area (TPSA) is 69.4 Å². The summed E-state index contributed by atoms with van der Waals surface area (Å²) >= 11 is 0. The van der Waals surface area contributed by atoms with E-state index in [1.165, 1.54) is 0 Å². The molecule has 1 aromatic carbocycles. The standard InChI is InChI=1S/C17H23N3O3/c1-12(18-14(11-21-2)15-9-6-10-22-15)16-19-17(23-20-16)13-7-4-3-5-8-13/h3-5,7-8,12,14-15,18H,6,9-11H2,1-2H3. The van der Waals surface area contributed by atoms with Crippen molar-refractivity contribution in [3.63, 3.8) is 0 Å². The number of benzene rings is 1. The van der Waals surface area contributed by atoms with Crippen LogP contribution in [0, 0.1) is 0 Å². The highest BCUT2D eigenvalue weighted by Gasteiger charge is 2.28. The first kappa shape index (κ1) is 16.1. The van der Waals surface area contributed by atoms with E-state index >= 15 is 0 Å². The van der Waals surface area contributed by atoms with Gasteiger partial charge in [0, 0.05) is 19.3 Å². The lowest BCUT2D eigenvalue weighted by atomic mass is 10.1. The number of methoxy groups -OCH3 is 1. The van der Waals surface area contributed by atoms with Gasteiger partial charge >= 0.3 is 0 Å². The second-order valence-corrected chi connectivity index (χ2v) is 5.83. The van der Waals surface area contributed by atoms with Gasteiger partial charge in [-0.2, -0.15) is 4.98 Å². The van der Waals surface area contributed by atoms with Crippen LogP contribution in [-0.4, -0.2) is 42.6 Å². The molecule has 1 fully saturated rings. The zero-order chi connectivity index (χ0) is 16.1. The van der Waals surface area contributed by atoms with Crippen LogP contribution in [0.1, 0.15) is 31.6 Å². The number of hydrogen-bond donors (Lipinski definition) is 1. The van der Waals surface area contributed by atoms with Crippen LogP contribution in [0.3, 0.4) is 0 Å². The summed E-state index contributed by atoms with van der Waals surface area (Å²) in [6.07, 6.45) is 2.33. The van der Waals surface area contributed by atoms with E-state index in [0.29, 0.717) is 18.3 Å². The molecule has 3 rings (SSSR count). The zero-order valence-corrected chi connectivity index (χ0v) is 13.6. The Kier molecular flexibility index (Phi) is 5.38. The zero-order valence-electron chi connectivity index (χ0n) is 13.6. The number of aromatic nitrogens is 2. The van der Waals surface area contributed by atoms with E-state index in [1.807, 2.05) is 37.3 Å². The average Bonchev–Trinajstić information content (AvgIpc) is 3.27. The highest BCUT2D eigenvalue weighted by molar-refractivity contribution is 5.52. The molecule has 23 heavy (non-hydrogen) atoms. The summed E-state index contributed by atoms with van der Waals surface area (Å²) in [5.41, 5.74) is 0.922. The highest BCUT2D eigenvalue weighted by Crippen LogP contribution is 2.21. The monoisotopic (exact) mass is 317 g/mol. The molecule has 1 N–H and O–H groups in total. The second-order valence-electron chi connectivity index (χ2n) is 5.83. The van der Waals surface area contributed by atoms with Gasteiger partial charge in [0.25, 0.3) is 5.89 Å². The van der Waals surface area contributed by atoms with Crippen molar-refractivity contribution in [1.82, 2.24) is 15.5 Å². The van der Waals surface area contributed by atoms with Crippen molar-refractivity contribution in [2.24, 2.45) is 0 Å². The summed E-state index contributed by atoms with van der Waals surface area (Å²) in [6.45, 7) is 3.44. The summed E-state index contributed by atoms with van der Waals surface area (Å²) in [6, 6.07) is 9.85. The van der Waals surface area contributed by atoms with E-state index in [2.05, 4.69) is 15.5 Å². The van der Waals surface area contributed by atoms with Crippen molar-refractivity contribution >= 4 is 0 Å². The molecule has 1 aromatic heterocycles. The number of ether oxygens (including phenoxy) is 2. The van der Waals surface area contributed by atoms with Gasteiger partial charge in [-0.1, -0.05) is 23.4 Å². The van der Waals surface area contributed by atoms with Crippen LogP contribution in [-0.2, 0) is 9.47 Å². The molecule has 6 nitrogen and oxygen atoms in total. The van der Waals surface area contributed by atoms with Crippen LogP contribution in [0.5, 0.6) is 0 Å². The number of rotatable bonds is 7. The van der Waals surface area contributed by atoms with E-state index in [-0.39, 0.29) is 18.2 Å². The smallest absolute Gasteiger partial charge is 0.257 e. The molecule has 1 saturated heterocycles. The van der Waals surface area contributed by atoms with Gasteiger partial charge in [-0.3, -0.25) is 5.32 Å². The Balaban J connectivity index is 1.67. The molecule has 0 amide bonds. The predicted molar refractivity (Wildman–Crippen MR) is 85.9 cm³/mol. The summed E-state index contributed by atoms with van der Waals surface area (Å²) in [5, 5.41) is 7.61. The third kappa shape index (κ3) is 3.96. The van der Waals surface area contributed by atoms with Crippen molar-refractivity contribution in [1.29, 1.82) is 0 Å². The van der Waals surface area contributed by atoms with Crippen LogP contribution < -0.4 is 5.32 Å². The van der Waals surface area contributed by atoms with Gasteiger partial charge in [0.15, 0.2) is 5.82 Å². The summed E-state index contributed by atoms with van der Waals surface area (Å²) in [4.78, 5) is 4.50. The molecule has 3 unspecified atom stereocenters. The second kappa shape index (κ2) is 7.68. The van der Waals surface area contributed by atoms with E-state index < -0.39 is 0 Å². The molecule has 0 aliphatic carbocycles. The largest absolute Gasteiger partial charge is 0.383 e. The van der Waals surface area contributed by atoms with Crippen LogP contribution >= 0.6 is 0 Å². The number of nitrogens with zero attached hydrogens (tertiary/aromatic N) is 2. The molecular formula is C17H23N3O3. The van der Waals surface area contributed by atoms with Crippen LogP contribution in [0.4, 0.5) is 0 Å². The van der Waals surface area contributed by atoms with Crippen molar-refractivity contribution in [3.05, 3.63) is 36.2 Å². The molecule has 3 atom stereocenters. The first-order valence-electron chi connectivity index (χ1n) is 8.03. The maximum Gasteiger partial charge on any atom is 0.257 e. The van der Waals surface area contributed by atoms with Crippen molar-refractivity contribution < 1.29 is 14.0 Å². The average molecular weight is 317 g/mol. The Hall–Kier alpha value is -1.76. The Labute approximate surface area is 136 Å². The fraction of sp³-hybridized carbons (Fsp3) is 0.529. The van der Waals surface area contributed by atoms with Gasteiger partial charge in [-0.15, -0.1) is 0 Å². The Morgan fingerprint density at radius 3 is 2.87 bits per heavy atom. The number of nitrogens with one attached hydrogen (secondary N) is 1. The Morgan fingerprint density at radius 2 is 2.17 bits per heavy atom. The summed E-state index contributed by atoms with van der Waals surface area (Å²) in [5.74, 6) is 1.18. The van der Waals surface area contributed by atoms with Crippen molar-refractivity contribution in [2.45, 2.75) is 38.0 Å². The molecule has 1 aliphatic rings. The molecule has 0 saturated carbocycles. The van der Waals surface area contributed by atoms with E-state index in [1.54, 1.807) is 7.11 Å². The van der Waals surface area contributed by atoms with E-state index in [4.69, 9.17) is 14.0 Å². The lowest BCUT2D eigenvalue weighted by molar-refractivity contribution is 0.0392. The SMILES string of the molecule is COCC(NC(C)c1noc(-c2ccccc2)n1)C1CCCO1. The highest BCUT2D eigenvalue weighted by atomic mass is 16.5. The molecule has 6 heteroatoms. The molecule has 2 aromatic rings. The number of hydrogen-bond acceptors (Lipinski definition) is 6. The molecular weight excluding hydrogens is 294 g/mol. The first-order chi connectivity index (χ1) is 11.3. The molecule has 2 heterocycles. The molecule has 0 spiro atoms. The van der Waals surface area contributed by atoms with Crippen molar-refractivity contribution in [3.8, 4) is 11.5 Å². The maximum absolute atomic E-state index is 5.77. The first-order valence-corrected chi connectivity index (χ1v) is 8.03. The minimum Gasteiger partial charge on any atom is -0.383 e. The minimum atomic E-state index is -0.0411. The van der Waals surface area contributed by atoms with Gasteiger partial charge in [0.2, 0.25) is 0 Å². The van der Waals surface area contributed by atoms with Gasteiger partial charge in [-0.05, 0) is 31.9 Å². The van der Waals surface area contributed by atoms with Crippen LogP contribution in [0.2, 0.25) is 0 Å².